The zero-order valence-electron chi connectivity index (χ0n) is 12.2. The Morgan fingerprint density at radius 1 is 1.17 bits per heavy atom. The second-order valence-corrected chi connectivity index (χ2v) is 7.10. The van der Waals surface area contributed by atoms with E-state index in [2.05, 4.69) is 10.4 Å². The van der Waals surface area contributed by atoms with E-state index in [0.717, 1.165) is 16.5 Å². The van der Waals surface area contributed by atoms with Crippen LogP contribution in [-0.4, -0.2) is 16.3 Å². The van der Waals surface area contributed by atoms with E-state index in [4.69, 9.17) is 11.6 Å². The predicted molar refractivity (Wildman–Crippen MR) is 89.1 cm³/mol. The zero-order chi connectivity index (χ0) is 16.9. The monoisotopic (exact) mass is 369 g/mol. The fourth-order valence-electron chi connectivity index (χ4n) is 2.89. The average Bonchev–Trinajstić information content (AvgIpc) is 3.22. The van der Waals surface area contributed by atoms with Gasteiger partial charge in [-0.2, -0.15) is 18.3 Å². The second-order valence-electron chi connectivity index (χ2n) is 5.38. The molecule has 0 saturated carbocycles. The second kappa shape index (κ2) is 5.53. The van der Waals surface area contributed by atoms with Gasteiger partial charge >= 0.3 is 6.18 Å². The molecule has 0 saturated heterocycles. The number of thiophene rings is 1. The predicted octanol–water partition coefficient (Wildman–Crippen LogP) is 5.24. The van der Waals surface area contributed by atoms with E-state index in [9.17, 15) is 13.2 Å². The Morgan fingerprint density at radius 3 is 2.67 bits per heavy atom. The van der Waals surface area contributed by atoms with Crippen molar-refractivity contribution in [2.45, 2.75) is 12.6 Å². The highest BCUT2D eigenvalue weighted by Crippen LogP contribution is 2.41. The molecule has 1 aliphatic rings. The SMILES string of the molecule is FC(F)(F)c1ccccc1-n1nc(-c2ccc(Cl)s2)c2c1NCC2. The molecular formula is C16H11ClF3N3S. The standard InChI is InChI=1S/C16H11ClF3N3S/c17-13-6-5-12(24-13)14-9-7-8-21-15(9)23(22-14)11-4-2-1-3-10(11)16(18,19)20/h1-6,21H,7-8H2. The van der Waals surface area contributed by atoms with Gasteiger partial charge in [0.2, 0.25) is 0 Å². The Bertz CT molecular complexity index is 914. The van der Waals surface area contributed by atoms with Crippen molar-refractivity contribution in [3.8, 4) is 16.3 Å². The van der Waals surface area contributed by atoms with Gasteiger partial charge in [0.1, 0.15) is 11.5 Å². The molecule has 124 valence electrons. The van der Waals surface area contributed by atoms with Crippen molar-refractivity contribution in [1.29, 1.82) is 0 Å². The summed E-state index contributed by atoms with van der Waals surface area (Å²) in [5, 5.41) is 7.61. The van der Waals surface area contributed by atoms with E-state index in [1.807, 2.05) is 6.07 Å². The van der Waals surface area contributed by atoms with Crippen LogP contribution in [-0.2, 0) is 12.6 Å². The summed E-state index contributed by atoms with van der Waals surface area (Å²) in [6.45, 7) is 0.674. The van der Waals surface area contributed by atoms with Crippen molar-refractivity contribution in [3.63, 3.8) is 0 Å². The van der Waals surface area contributed by atoms with Crippen LogP contribution < -0.4 is 5.32 Å². The molecule has 1 N–H and O–H groups in total. The molecule has 0 radical (unpaired) electrons. The lowest BCUT2D eigenvalue weighted by molar-refractivity contribution is -0.137. The van der Waals surface area contributed by atoms with Gasteiger partial charge < -0.3 is 5.32 Å². The number of aromatic nitrogens is 2. The normalized spacial score (nSPS) is 13.8. The molecule has 4 rings (SSSR count). The van der Waals surface area contributed by atoms with Crippen LogP contribution in [0.2, 0.25) is 4.34 Å². The van der Waals surface area contributed by atoms with Gasteiger partial charge in [-0.05, 0) is 30.7 Å². The first-order valence-electron chi connectivity index (χ1n) is 7.23. The summed E-state index contributed by atoms with van der Waals surface area (Å²) in [6.07, 6.45) is -3.73. The van der Waals surface area contributed by atoms with Gasteiger partial charge in [-0.1, -0.05) is 23.7 Å². The van der Waals surface area contributed by atoms with E-state index in [1.54, 1.807) is 12.1 Å². The Hall–Kier alpha value is -1.99. The lowest BCUT2D eigenvalue weighted by Gasteiger charge is -2.14. The number of nitrogens with zero attached hydrogens (tertiary/aromatic N) is 2. The van der Waals surface area contributed by atoms with E-state index < -0.39 is 11.7 Å². The Labute approximate surface area is 144 Å². The Balaban J connectivity index is 1.93. The third-order valence-electron chi connectivity index (χ3n) is 3.90. The van der Waals surface area contributed by atoms with E-state index in [-0.39, 0.29) is 5.69 Å². The van der Waals surface area contributed by atoms with Crippen LogP contribution in [0.15, 0.2) is 36.4 Å². The zero-order valence-corrected chi connectivity index (χ0v) is 13.8. The third-order valence-corrected chi connectivity index (χ3v) is 5.13. The van der Waals surface area contributed by atoms with Gasteiger partial charge in [-0.3, -0.25) is 0 Å². The minimum atomic E-state index is -4.44. The molecule has 0 atom stereocenters. The molecule has 3 aromatic rings. The van der Waals surface area contributed by atoms with Crippen LogP contribution in [0.4, 0.5) is 19.0 Å². The summed E-state index contributed by atoms with van der Waals surface area (Å²) in [7, 11) is 0. The minimum absolute atomic E-state index is 0.0181. The van der Waals surface area contributed by atoms with Crippen molar-refractivity contribution >= 4 is 28.8 Å². The molecule has 0 unspecified atom stereocenters. The fourth-order valence-corrected chi connectivity index (χ4v) is 3.94. The molecule has 0 bridgehead atoms. The van der Waals surface area contributed by atoms with Gasteiger partial charge in [0, 0.05) is 12.1 Å². The quantitative estimate of drug-likeness (QED) is 0.669. The number of hydrogen-bond donors (Lipinski definition) is 1. The highest BCUT2D eigenvalue weighted by molar-refractivity contribution is 7.19. The Morgan fingerprint density at radius 2 is 1.96 bits per heavy atom. The minimum Gasteiger partial charge on any atom is -0.369 e. The molecule has 1 aliphatic heterocycles. The Kier molecular flexibility index (Phi) is 3.58. The van der Waals surface area contributed by atoms with Gasteiger partial charge in [-0.15, -0.1) is 11.3 Å². The number of halogens is 4. The van der Waals surface area contributed by atoms with E-state index in [0.29, 0.717) is 28.8 Å². The van der Waals surface area contributed by atoms with Crippen LogP contribution in [0.25, 0.3) is 16.3 Å². The highest BCUT2D eigenvalue weighted by Gasteiger charge is 2.35. The lowest BCUT2D eigenvalue weighted by atomic mass is 10.1. The maximum Gasteiger partial charge on any atom is 0.418 e. The molecular weight excluding hydrogens is 359 g/mol. The summed E-state index contributed by atoms with van der Waals surface area (Å²) in [5.74, 6) is 0.617. The molecule has 0 amide bonds. The lowest BCUT2D eigenvalue weighted by Crippen LogP contribution is -2.13. The smallest absolute Gasteiger partial charge is 0.369 e. The number of hydrogen-bond acceptors (Lipinski definition) is 3. The molecule has 1 aromatic carbocycles. The number of fused-ring (bicyclic) bond motifs is 1. The number of anilines is 1. The summed E-state index contributed by atoms with van der Waals surface area (Å²) < 4.78 is 42.0. The maximum absolute atomic E-state index is 13.3. The summed E-state index contributed by atoms with van der Waals surface area (Å²) in [4.78, 5) is 0.850. The fraction of sp³-hybridized carbons (Fsp3) is 0.188. The molecule has 3 heterocycles. The molecule has 3 nitrogen and oxygen atoms in total. The van der Waals surface area contributed by atoms with Crippen molar-refractivity contribution < 1.29 is 13.2 Å². The van der Waals surface area contributed by atoms with Crippen LogP contribution in [0.5, 0.6) is 0 Å². The van der Waals surface area contributed by atoms with Crippen LogP contribution >= 0.6 is 22.9 Å². The number of nitrogens with one attached hydrogen (secondary N) is 1. The third kappa shape index (κ3) is 2.48. The van der Waals surface area contributed by atoms with Gasteiger partial charge in [0.15, 0.2) is 0 Å². The van der Waals surface area contributed by atoms with E-state index in [1.165, 1.54) is 28.2 Å². The van der Waals surface area contributed by atoms with Crippen molar-refractivity contribution in [2.24, 2.45) is 0 Å². The van der Waals surface area contributed by atoms with Gasteiger partial charge in [0.25, 0.3) is 0 Å². The molecule has 8 heteroatoms. The van der Waals surface area contributed by atoms with Crippen molar-refractivity contribution in [1.82, 2.24) is 9.78 Å². The summed E-state index contributed by atoms with van der Waals surface area (Å²) >= 11 is 7.35. The first kappa shape index (κ1) is 15.5. The average molecular weight is 370 g/mol. The number of para-hydroxylation sites is 1. The number of benzene rings is 1. The topological polar surface area (TPSA) is 29.9 Å². The molecule has 0 spiro atoms. The summed E-state index contributed by atoms with van der Waals surface area (Å²) in [5.41, 5.74) is 0.915. The van der Waals surface area contributed by atoms with Gasteiger partial charge in [-0.25, -0.2) is 4.68 Å². The molecule has 2 aromatic heterocycles. The first-order valence-corrected chi connectivity index (χ1v) is 8.42. The highest BCUT2D eigenvalue weighted by atomic mass is 35.5. The first-order chi connectivity index (χ1) is 11.4. The number of alkyl halides is 3. The largest absolute Gasteiger partial charge is 0.418 e. The molecule has 0 fully saturated rings. The summed E-state index contributed by atoms with van der Waals surface area (Å²) in [6, 6.07) is 9.06. The van der Waals surface area contributed by atoms with Gasteiger partial charge in [0.05, 0.1) is 20.5 Å². The maximum atomic E-state index is 13.3. The van der Waals surface area contributed by atoms with Crippen LogP contribution in [0.1, 0.15) is 11.1 Å². The van der Waals surface area contributed by atoms with Crippen LogP contribution in [0, 0.1) is 0 Å². The van der Waals surface area contributed by atoms with Crippen LogP contribution in [0.3, 0.4) is 0 Å². The van der Waals surface area contributed by atoms with Crippen molar-refractivity contribution in [2.75, 3.05) is 11.9 Å². The van der Waals surface area contributed by atoms with E-state index >= 15 is 0 Å². The molecule has 0 aliphatic carbocycles. The molecule has 24 heavy (non-hydrogen) atoms. The van der Waals surface area contributed by atoms with Crippen molar-refractivity contribution in [3.05, 3.63) is 51.9 Å². The number of rotatable bonds is 2.